The Bertz CT molecular complexity index is 2100. The summed E-state index contributed by atoms with van der Waals surface area (Å²) in [5.41, 5.74) is 3.69. The lowest BCUT2D eigenvalue weighted by Crippen LogP contribution is -2.58. The number of nitrogens with one attached hydrogen (secondary N) is 2. The molecule has 1 spiro atoms. The summed E-state index contributed by atoms with van der Waals surface area (Å²) < 4.78 is 7.88. The molecule has 2 aliphatic heterocycles. The maximum atomic E-state index is 13.1. The summed E-state index contributed by atoms with van der Waals surface area (Å²) in [6.45, 7) is 2.48. The second-order valence-corrected chi connectivity index (χ2v) is 13.3. The third-order valence-electron chi connectivity index (χ3n) is 9.54. The van der Waals surface area contributed by atoms with E-state index in [9.17, 15) is 19.2 Å². The molecule has 4 aromatic rings. The number of rotatable bonds is 6. The van der Waals surface area contributed by atoms with Crippen molar-refractivity contribution in [3.63, 3.8) is 0 Å². The average molecular weight is 676 g/mol. The lowest BCUT2D eigenvalue weighted by Gasteiger charge is -2.50. The van der Waals surface area contributed by atoms with Gasteiger partial charge in [-0.3, -0.25) is 23.9 Å². The Hall–Kier alpha value is -4.45. The van der Waals surface area contributed by atoms with Gasteiger partial charge in [-0.25, -0.2) is 9.78 Å². The van der Waals surface area contributed by atoms with E-state index in [1.54, 1.807) is 25.3 Å². The van der Waals surface area contributed by atoms with E-state index in [4.69, 9.17) is 32.9 Å². The van der Waals surface area contributed by atoms with Gasteiger partial charge in [-0.15, -0.1) is 0 Å². The third kappa shape index (κ3) is 5.22. The van der Waals surface area contributed by atoms with E-state index < -0.39 is 17.2 Å². The number of amides is 2. The van der Waals surface area contributed by atoms with Crippen LogP contribution >= 0.6 is 23.2 Å². The fourth-order valence-electron chi connectivity index (χ4n) is 7.18. The lowest BCUT2D eigenvalue weighted by atomic mass is 9.77. The Balaban J connectivity index is 1.18. The number of aryl methyl sites for hydroxylation is 2. The van der Waals surface area contributed by atoms with Crippen molar-refractivity contribution < 1.29 is 14.3 Å². The number of nitrogens with zero attached hydrogens (tertiary/aromatic N) is 4. The number of carbonyl (C=O) groups is 2. The standard InChI is InChI=1S/C34H32Cl2N6O5/c1-40-14-22(32(45)41(2)33(40)46)30(44)38-23-9-5-7-20(29(23)36)19-6-4-8-21(28(19)35)24-12-18-10-11-25(27(18)31(39-24)47-3)42-16-34(17-42)13-26(43)37-15-34/h4-9,12,14,25H,10-11,13,15-17H2,1-3H3,(H,37,43)(H,38,44). The van der Waals surface area contributed by atoms with Gasteiger partial charge in [0.1, 0.15) is 5.56 Å². The Morgan fingerprint density at radius 2 is 1.74 bits per heavy atom. The monoisotopic (exact) mass is 674 g/mol. The number of fused-ring (bicyclic) bond motifs is 1. The van der Waals surface area contributed by atoms with E-state index in [2.05, 4.69) is 21.6 Å². The Kier molecular flexibility index (Phi) is 7.73. The molecule has 1 unspecified atom stereocenters. The molecular formula is C34H32Cl2N6O5. The zero-order chi connectivity index (χ0) is 33.2. The number of hydrogen-bond donors (Lipinski definition) is 2. The molecule has 0 bridgehead atoms. The molecule has 0 saturated carbocycles. The fraction of sp³-hybridized carbons (Fsp3) is 0.324. The Morgan fingerprint density at radius 1 is 1.04 bits per heavy atom. The third-order valence-corrected chi connectivity index (χ3v) is 10.4. The number of methoxy groups -OCH3 is 1. The van der Waals surface area contributed by atoms with Crippen molar-refractivity contribution in [2.75, 3.05) is 32.1 Å². The average Bonchev–Trinajstić information content (AvgIpc) is 3.65. The summed E-state index contributed by atoms with van der Waals surface area (Å²) in [5.74, 6) is -0.00408. The summed E-state index contributed by atoms with van der Waals surface area (Å²) in [7, 11) is 4.40. The number of likely N-dealkylation sites (tertiary alicyclic amines) is 1. The fourth-order valence-corrected chi connectivity index (χ4v) is 7.78. The number of anilines is 1. The molecule has 2 aromatic carbocycles. The highest BCUT2D eigenvalue weighted by atomic mass is 35.5. The van der Waals surface area contributed by atoms with Crippen LogP contribution in [0.4, 0.5) is 5.69 Å². The topological polar surface area (TPSA) is 128 Å². The van der Waals surface area contributed by atoms with Gasteiger partial charge < -0.3 is 19.9 Å². The first kappa shape index (κ1) is 31.2. The van der Waals surface area contributed by atoms with Crippen molar-refractivity contribution in [3.8, 4) is 28.3 Å². The minimum Gasteiger partial charge on any atom is -0.481 e. The molecule has 242 valence electrons. The molecule has 0 radical (unpaired) electrons. The van der Waals surface area contributed by atoms with Crippen LogP contribution < -0.4 is 26.6 Å². The van der Waals surface area contributed by atoms with Crippen LogP contribution in [0.2, 0.25) is 10.0 Å². The van der Waals surface area contributed by atoms with Crippen LogP contribution in [0.5, 0.6) is 5.88 Å². The van der Waals surface area contributed by atoms with Crippen molar-refractivity contribution in [1.82, 2.24) is 24.3 Å². The zero-order valence-corrected chi connectivity index (χ0v) is 27.5. The quantitative estimate of drug-likeness (QED) is 0.314. The summed E-state index contributed by atoms with van der Waals surface area (Å²) in [6, 6.07) is 13.0. The van der Waals surface area contributed by atoms with Crippen LogP contribution in [-0.4, -0.2) is 57.6 Å². The predicted molar refractivity (Wildman–Crippen MR) is 179 cm³/mol. The molecule has 7 rings (SSSR count). The molecule has 2 fully saturated rings. The predicted octanol–water partition coefficient (Wildman–Crippen LogP) is 4.19. The summed E-state index contributed by atoms with van der Waals surface area (Å²) in [4.78, 5) is 57.0. The van der Waals surface area contributed by atoms with Crippen molar-refractivity contribution >= 4 is 40.7 Å². The maximum Gasteiger partial charge on any atom is 0.330 e. The largest absolute Gasteiger partial charge is 0.481 e. The molecule has 2 aromatic heterocycles. The van der Waals surface area contributed by atoms with Gasteiger partial charge in [0.2, 0.25) is 11.8 Å². The minimum atomic E-state index is -0.714. The molecule has 1 aliphatic carbocycles. The smallest absolute Gasteiger partial charge is 0.330 e. The zero-order valence-electron chi connectivity index (χ0n) is 26.0. The van der Waals surface area contributed by atoms with Crippen LogP contribution in [0.25, 0.3) is 22.4 Å². The SMILES string of the molecule is COc1nc(-c2cccc(-c3cccc(NC(=O)c4cn(C)c(=O)n(C)c4=O)c3Cl)c2Cl)cc2c1C(N1CC3(CNC(=O)C3)C1)CC2. The highest BCUT2D eigenvalue weighted by Crippen LogP contribution is 2.49. The molecular weight excluding hydrogens is 643 g/mol. The molecule has 2 N–H and O–H groups in total. The van der Waals surface area contributed by atoms with Crippen LogP contribution in [0.15, 0.2) is 58.3 Å². The first-order chi connectivity index (χ1) is 22.5. The van der Waals surface area contributed by atoms with E-state index in [-0.39, 0.29) is 33.6 Å². The van der Waals surface area contributed by atoms with E-state index in [1.165, 1.54) is 24.9 Å². The molecule has 3 aliphatic rings. The first-order valence-electron chi connectivity index (χ1n) is 15.2. The number of ether oxygens (including phenoxy) is 1. The summed E-state index contributed by atoms with van der Waals surface area (Å²) in [5, 5.41) is 6.34. The second-order valence-electron chi connectivity index (χ2n) is 12.6. The van der Waals surface area contributed by atoms with E-state index >= 15 is 0 Å². The number of halogens is 2. The Morgan fingerprint density at radius 3 is 2.45 bits per heavy atom. The van der Waals surface area contributed by atoms with Gasteiger partial charge in [0, 0.05) is 80.1 Å². The van der Waals surface area contributed by atoms with Gasteiger partial charge >= 0.3 is 5.69 Å². The van der Waals surface area contributed by atoms with E-state index in [0.29, 0.717) is 39.7 Å². The van der Waals surface area contributed by atoms with Crippen LogP contribution in [0.1, 0.15) is 40.4 Å². The number of aromatic nitrogens is 3. The molecule has 2 saturated heterocycles. The van der Waals surface area contributed by atoms with Gasteiger partial charge in [-0.05, 0) is 30.5 Å². The minimum absolute atomic E-state index is 0.0359. The number of pyridine rings is 1. The molecule has 11 nitrogen and oxygen atoms in total. The summed E-state index contributed by atoms with van der Waals surface area (Å²) >= 11 is 13.9. The van der Waals surface area contributed by atoms with Crippen LogP contribution in [0.3, 0.4) is 0 Å². The van der Waals surface area contributed by atoms with E-state index in [1.807, 2.05) is 18.2 Å². The summed E-state index contributed by atoms with van der Waals surface area (Å²) in [6.07, 6.45) is 3.60. The first-order valence-corrected chi connectivity index (χ1v) is 16.0. The molecule has 4 heterocycles. The highest BCUT2D eigenvalue weighted by molar-refractivity contribution is 6.39. The molecule has 47 heavy (non-hydrogen) atoms. The number of hydrogen-bond acceptors (Lipinski definition) is 7. The van der Waals surface area contributed by atoms with Gasteiger partial charge in [0.25, 0.3) is 11.5 Å². The van der Waals surface area contributed by atoms with Crippen molar-refractivity contribution in [3.05, 3.63) is 96.2 Å². The van der Waals surface area contributed by atoms with Gasteiger partial charge in [-0.2, -0.15) is 0 Å². The highest BCUT2D eigenvalue weighted by Gasteiger charge is 2.51. The second kappa shape index (κ2) is 11.7. The Labute approximate surface area is 280 Å². The van der Waals surface area contributed by atoms with Crippen LogP contribution in [0, 0.1) is 5.41 Å². The maximum absolute atomic E-state index is 13.1. The van der Waals surface area contributed by atoms with E-state index in [0.717, 1.165) is 48.2 Å². The number of benzene rings is 2. The lowest BCUT2D eigenvalue weighted by molar-refractivity contribution is -0.121. The number of carbonyl (C=O) groups excluding carboxylic acids is 2. The van der Waals surface area contributed by atoms with Gasteiger partial charge in [-0.1, -0.05) is 53.5 Å². The normalized spacial score (nSPS) is 18.1. The molecule has 1 atom stereocenters. The van der Waals surface area contributed by atoms with Crippen molar-refractivity contribution in [2.45, 2.75) is 25.3 Å². The van der Waals surface area contributed by atoms with Gasteiger partial charge in [0.05, 0.1) is 28.5 Å². The molecule has 2 amide bonds. The van der Waals surface area contributed by atoms with Crippen LogP contribution in [-0.2, 0) is 25.3 Å². The van der Waals surface area contributed by atoms with Crippen molar-refractivity contribution in [1.29, 1.82) is 0 Å². The molecule has 13 heteroatoms. The van der Waals surface area contributed by atoms with Crippen molar-refractivity contribution in [2.24, 2.45) is 19.5 Å². The van der Waals surface area contributed by atoms with Gasteiger partial charge in [0.15, 0.2) is 0 Å².